The average molecular weight is 635 g/mol. The van der Waals surface area contributed by atoms with Gasteiger partial charge in [0.25, 0.3) is 0 Å². The molecular formula is C29H40FN6O5PS. The highest BCUT2D eigenvalue weighted by Gasteiger charge is 2.31. The average Bonchev–Trinajstić information content (AvgIpc) is 2.99. The fourth-order valence-electron chi connectivity index (χ4n) is 4.79. The summed E-state index contributed by atoms with van der Waals surface area (Å²) in [5.74, 6) is 0.567. The molecule has 0 spiro atoms. The van der Waals surface area contributed by atoms with Gasteiger partial charge in [-0.05, 0) is 93.9 Å². The van der Waals surface area contributed by atoms with Crippen molar-refractivity contribution in [3.05, 3.63) is 66.1 Å². The second-order valence-corrected chi connectivity index (χ2v) is 14.6. The van der Waals surface area contributed by atoms with Gasteiger partial charge in [0.15, 0.2) is 0 Å². The molecule has 1 aliphatic rings. The number of halogens is 1. The lowest BCUT2D eigenvalue weighted by Gasteiger charge is -2.36. The highest BCUT2D eigenvalue weighted by molar-refractivity contribution is 7.89. The zero-order valence-electron chi connectivity index (χ0n) is 25.0. The number of likely N-dealkylation sites (tertiary alicyclic amines) is 1. The zero-order chi connectivity index (χ0) is 31.0. The van der Waals surface area contributed by atoms with Crippen molar-refractivity contribution in [3.8, 4) is 0 Å². The van der Waals surface area contributed by atoms with E-state index in [9.17, 15) is 17.4 Å². The van der Waals surface area contributed by atoms with Crippen LogP contribution in [-0.4, -0.2) is 79.7 Å². The van der Waals surface area contributed by atoms with Crippen molar-refractivity contribution in [3.63, 3.8) is 0 Å². The second-order valence-electron chi connectivity index (χ2n) is 10.3. The molecule has 1 aromatic heterocycles. The summed E-state index contributed by atoms with van der Waals surface area (Å²) in [4.78, 5) is 11.1. The Morgan fingerprint density at radius 3 is 2.40 bits per heavy atom. The Kier molecular flexibility index (Phi) is 11.3. The van der Waals surface area contributed by atoms with E-state index in [4.69, 9.17) is 9.05 Å². The Bertz CT molecular complexity index is 1520. The maximum atomic E-state index is 13.6. The topological polar surface area (TPSA) is 126 Å². The van der Waals surface area contributed by atoms with Crippen molar-refractivity contribution < 1.29 is 26.4 Å². The van der Waals surface area contributed by atoms with Crippen LogP contribution in [0.25, 0.3) is 0 Å². The molecule has 0 radical (unpaired) electrons. The molecule has 1 atom stereocenters. The third-order valence-electron chi connectivity index (χ3n) is 7.35. The zero-order valence-corrected chi connectivity index (χ0v) is 26.7. The van der Waals surface area contributed by atoms with Crippen LogP contribution in [-0.2, 0) is 23.6 Å². The largest absolute Gasteiger partial charge is 0.340 e. The minimum atomic E-state index is -3.70. The van der Waals surface area contributed by atoms with E-state index in [1.54, 1.807) is 76.5 Å². The molecular weight excluding hydrogens is 594 g/mol. The Hall–Kier alpha value is -2.93. The molecule has 0 amide bonds. The van der Waals surface area contributed by atoms with E-state index in [2.05, 4.69) is 25.5 Å². The van der Waals surface area contributed by atoms with Crippen molar-refractivity contribution in [2.75, 3.05) is 56.7 Å². The number of hydrogen-bond acceptors (Lipinski definition) is 10. The van der Waals surface area contributed by atoms with Crippen LogP contribution in [0, 0.1) is 12.7 Å². The summed E-state index contributed by atoms with van der Waals surface area (Å²) in [5, 5.41) is 6.22. The van der Waals surface area contributed by atoms with Crippen LogP contribution in [0.3, 0.4) is 0 Å². The van der Waals surface area contributed by atoms with Gasteiger partial charge in [0.05, 0.1) is 18.1 Å². The minimum absolute atomic E-state index is 0.126. The second kappa shape index (κ2) is 14.7. The van der Waals surface area contributed by atoms with Crippen molar-refractivity contribution >= 4 is 40.8 Å². The first kappa shape index (κ1) is 33.0. The van der Waals surface area contributed by atoms with Crippen LogP contribution in [0.4, 0.5) is 27.5 Å². The first-order valence-corrected chi connectivity index (χ1v) is 17.5. The molecule has 4 rings (SSSR count). The predicted molar refractivity (Wildman–Crippen MR) is 166 cm³/mol. The molecule has 0 saturated carbocycles. The SMILES string of the molecule is CCOP(=O)(CC)OCCN1CCC(N(C)S(=O)(=O)c2ccc(Nc3nccc(Nc4ccc(F)c(C)c4)n3)cc2)CC1. The number of benzene rings is 2. The third kappa shape index (κ3) is 8.81. The van der Waals surface area contributed by atoms with E-state index in [-0.39, 0.29) is 16.8 Å². The first-order chi connectivity index (χ1) is 20.5. The summed E-state index contributed by atoms with van der Waals surface area (Å²) >= 11 is 0. The van der Waals surface area contributed by atoms with Gasteiger partial charge in [-0.2, -0.15) is 9.29 Å². The van der Waals surface area contributed by atoms with Gasteiger partial charge < -0.3 is 24.6 Å². The van der Waals surface area contributed by atoms with Crippen LogP contribution in [0.2, 0.25) is 0 Å². The maximum absolute atomic E-state index is 13.6. The number of hydrogen-bond donors (Lipinski definition) is 2. The number of nitrogens with zero attached hydrogens (tertiary/aromatic N) is 4. The van der Waals surface area contributed by atoms with Crippen molar-refractivity contribution in [2.24, 2.45) is 0 Å². The smallest absolute Gasteiger partial charge is 0.330 e. The lowest BCUT2D eigenvalue weighted by Crippen LogP contribution is -2.46. The molecule has 234 valence electrons. The molecule has 2 aromatic carbocycles. The summed E-state index contributed by atoms with van der Waals surface area (Å²) in [6.07, 6.45) is 3.29. The molecule has 1 unspecified atom stereocenters. The Morgan fingerprint density at radius 1 is 1.05 bits per heavy atom. The van der Waals surface area contributed by atoms with Gasteiger partial charge in [-0.3, -0.25) is 4.57 Å². The fraction of sp³-hybridized carbons (Fsp3) is 0.448. The normalized spacial score (nSPS) is 16.2. The van der Waals surface area contributed by atoms with Crippen LogP contribution in [0.5, 0.6) is 0 Å². The molecule has 0 aliphatic carbocycles. The molecule has 14 heteroatoms. The highest BCUT2D eigenvalue weighted by Crippen LogP contribution is 2.47. The van der Waals surface area contributed by atoms with Gasteiger partial charge >= 0.3 is 7.60 Å². The Balaban J connectivity index is 1.30. The molecule has 1 saturated heterocycles. The number of rotatable bonds is 14. The summed E-state index contributed by atoms with van der Waals surface area (Å²) < 4.78 is 65.1. The van der Waals surface area contributed by atoms with Gasteiger partial charge in [0, 0.05) is 43.4 Å². The van der Waals surface area contributed by atoms with E-state index in [0.717, 1.165) is 13.1 Å². The van der Waals surface area contributed by atoms with Crippen LogP contribution in [0.15, 0.2) is 59.6 Å². The van der Waals surface area contributed by atoms with Gasteiger partial charge in [-0.15, -0.1) is 0 Å². The summed E-state index contributed by atoms with van der Waals surface area (Å²) in [6, 6.07) is 12.8. The molecule has 2 heterocycles. The molecule has 2 N–H and O–H groups in total. The van der Waals surface area contributed by atoms with Crippen LogP contribution >= 0.6 is 7.60 Å². The van der Waals surface area contributed by atoms with E-state index in [1.165, 1.54) is 10.4 Å². The summed E-state index contributed by atoms with van der Waals surface area (Å²) in [7, 11) is -5.11. The number of sulfonamides is 1. The van der Waals surface area contributed by atoms with Gasteiger partial charge in [0.2, 0.25) is 16.0 Å². The Morgan fingerprint density at radius 2 is 1.74 bits per heavy atom. The molecule has 1 fully saturated rings. The number of nitrogens with one attached hydrogen (secondary N) is 2. The monoisotopic (exact) mass is 634 g/mol. The molecule has 1 aliphatic heterocycles. The van der Waals surface area contributed by atoms with Gasteiger partial charge in [-0.1, -0.05) is 6.92 Å². The lowest BCUT2D eigenvalue weighted by atomic mass is 10.1. The molecule has 3 aromatic rings. The van der Waals surface area contributed by atoms with Crippen molar-refractivity contribution in [1.82, 2.24) is 19.2 Å². The van der Waals surface area contributed by atoms with Crippen LogP contribution in [0.1, 0.15) is 32.3 Å². The van der Waals surface area contributed by atoms with E-state index in [0.29, 0.717) is 67.5 Å². The van der Waals surface area contributed by atoms with Crippen molar-refractivity contribution in [2.45, 2.75) is 44.6 Å². The van der Waals surface area contributed by atoms with Crippen LogP contribution < -0.4 is 10.6 Å². The standard InChI is InChI=1S/C29H40FN6O5PS/c1-5-40-42(37,6-2)41-20-19-36-17-14-25(15-18-36)35(4)43(38,39)26-10-7-23(8-11-26)33-29-31-16-13-28(34-29)32-24-9-12-27(30)22(3)21-24/h7-13,16,21,25H,5-6,14-15,17-20H2,1-4H3,(H2,31,32,33,34). The number of piperidine rings is 1. The first-order valence-electron chi connectivity index (χ1n) is 14.3. The number of aryl methyl sites for hydroxylation is 1. The van der Waals surface area contributed by atoms with Gasteiger partial charge in [-0.25, -0.2) is 17.8 Å². The maximum Gasteiger partial charge on any atom is 0.330 e. The molecule has 11 nitrogen and oxygen atoms in total. The van der Waals surface area contributed by atoms with Crippen molar-refractivity contribution in [1.29, 1.82) is 0 Å². The summed E-state index contributed by atoms with van der Waals surface area (Å²) in [5.41, 5.74) is 1.85. The van der Waals surface area contributed by atoms with E-state index in [1.807, 2.05) is 0 Å². The Labute approximate surface area is 253 Å². The molecule has 0 bridgehead atoms. The third-order valence-corrected chi connectivity index (χ3v) is 11.3. The predicted octanol–water partition coefficient (Wildman–Crippen LogP) is 5.76. The number of aromatic nitrogens is 2. The fourth-order valence-corrected chi connectivity index (χ4v) is 7.40. The quantitative estimate of drug-likeness (QED) is 0.211. The van der Waals surface area contributed by atoms with E-state index < -0.39 is 17.6 Å². The minimum Gasteiger partial charge on any atom is -0.340 e. The summed E-state index contributed by atoms with van der Waals surface area (Å²) in [6.45, 7) is 7.97. The highest BCUT2D eigenvalue weighted by atomic mass is 32.2. The molecule has 43 heavy (non-hydrogen) atoms. The van der Waals surface area contributed by atoms with Gasteiger partial charge in [0.1, 0.15) is 11.6 Å². The lowest BCUT2D eigenvalue weighted by molar-refractivity contribution is 0.135. The van der Waals surface area contributed by atoms with E-state index >= 15 is 0 Å². The number of anilines is 4.